The zero-order chi connectivity index (χ0) is 23.2. The molecule has 0 saturated carbocycles. The predicted molar refractivity (Wildman–Crippen MR) is 128 cm³/mol. The second kappa shape index (κ2) is 7.82. The molecule has 4 rings (SSSR count). The molecule has 0 aliphatic rings. The van der Waals surface area contributed by atoms with Crippen molar-refractivity contribution in [2.75, 3.05) is 5.32 Å². The number of hydrogen-bond donors (Lipinski definition) is 2. The number of aryl methyl sites for hydroxylation is 2. The first-order chi connectivity index (χ1) is 15.0. The molecule has 32 heavy (non-hydrogen) atoms. The van der Waals surface area contributed by atoms with Crippen molar-refractivity contribution < 1.29 is 14.3 Å². The third kappa shape index (κ3) is 3.98. The lowest BCUT2D eigenvalue weighted by Gasteiger charge is -2.21. The Morgan fingerprint density at radius 1 is 1.09 bits per heavy atom. The van der Waals surface area contributed by atoms with Gasteiger partial charge in [0.15, 0.2) is 0 Å². The largest absolute Gasteiger partial charge is 0.444 e. The fourth-order valence-electron chi connectivity index (χ4n) is 3.95. The molecule has 1 atom stereocenters. The number of hydrogen-bond acceptors (Lipinski definition) is 4. The minimum Gasteiger partial charge on any atom is -0.444 e. The maximum absolute atomic E-state index is 12.7. The summed E-state index contributed by atoms with van der Waals surface area (Å²) in [5, 5.41) is 8.66. The summed E-state index contributed by atoms with van der Waals surface area (Å²) in [6.07, 6.45) is -0.627. The molecule has 0 bridgehead atoms. The van der Waals surface area contributed by atoms with E-state index in [4.69, 9.17) is 9.72 Å². The van der Waals surface area contributed by atoms with Crippen LogP contribution >= 0.6 is 0 Å². The average Bonchev–Trinajstić information content (AvgIpc) is 2.98. The number of nitrogens with zero attached hydrogens (tertiary/aromatic N) is 2. The van der Waals surface area contributed by atoms with Gasteiger partial charge >= 0.3 is 6.09 Å². The fourth-order valence-corrected chi connectivity index (χ4v) is 3.95. The van der Waals surface area contributed by atoms with Crippen LogP contribution in [0.3, 0.4) is 0 Å². The Bertz CT molecular complexity index is 1360. The molecule has 4 aromatic rings. The second-order valence-electron chi connectivity index (χ2n) is 9.10. The Balaban J connectivity index is 1.66. The van der Waals surface area contributed by atoms with Gasteiger partial charge < -0.3 is 19.9 Å². The van der Waals surface area contributed by atoms with E-state index < -0.39 is 17.7 Å². The highest BCUT2D eigenvalue weighted by Gasteiger charge is 2.21. The van der Waals surface area contributed by atoms with E-state index >= 15 is 0 Å². The zero-order valence-electron chi connectivity index (χ0n) is 19.2. The Kier molecular flexibility index (Phi) is 5.28. The van der Waals surface area contributed by atoms with Gasteiger partial charge in [0, 0.05) is 28.9 Å². The first-order valence-corrected chi connectivity index (χ1v) is 10.6. The lowest BCUT2D eigenvalue weighted by atomic mass is 10.0. The number of alkyl carbamates (subject to hydrolysis) is 1. The van der Waals surface area contributed by atoms with Gasteiger partial charge in [0.1, 0.15) is 17.3 Å². The molecule has 0 spiro atoms. The number of nitrogens with one attached hydrogen (secondary N) is 2. The van der Waals surface area contributed by atoms with Crippen LogP contribution in [0.25, 0.3) is 32.8 Å². The topological polar surface area (TPSA) is 85.2 Å². The van der Waals surface area contributed by atoms with Crippen LogP contribution < -0.4 is 10.6 Å². The molecule has 0 aliphatic heterocycles. The maximum atomic E-state index is 12.7. The molecule has 2 aromatic heterocycles. The summed E-state index contributed by atoms with van der Waals surface area (Å²) in [5.41, 5.74) is 4.07. The molecule has 0 radical (unpaired) electrons. The summed E-state index contributed by atoms with van der Waals surface area (Å²) >= 11 is 0. The first kappa shape index (κ1) is 21.6. The molecule has 2 heterocycles. The molecule has 2 N–H and O–H groups in total. The first-order valence-electron chi connectivity index (χ1n) is 10.6. The quantitative estimate of drug-likeness (QED) is 0.475. The third-order valence-corrected chi connectivity index (χ3v) is 5.47. The van der Waals surface area contributed by atoms with Gasteiger partial charge in [0.05, 0.1) is 11.0 Å². The van der Waals surface area contributed by atoms with E-state index in [1.165, 1.54) is 0 Å². The number of para-hydroxylation sites is 1. The van der Waals surface area contributed by atoms with Gasteiger partial charge in [0.25, 0.3) is 0 Å². The zero-order valence-corrected chi connectivity index (χ0v) is 19.2. The summed E-state index contributed by atoms with van der Waals surface area (Å²) in [4.78, 5) is 29.5. The van der Waals surface area contributed by atoms with Crippen molar-refractivity contribution in [3.05, 3.63) is 48.0 Å². The van der Waals surface area contributed by atoms with E-state index in [-0.39, 0.29) is 5.91 Å². The van der Waals surface area contributed by atoms with Crippen molar-refractivity contribution in [2.24, 2.45) is 7.05 Å². The number of benzene rings is 2. The van der Waals surface area contributed by atoms with Crippen molar-refractivity contribution in [3.63, 3.8) is 0 Å². The summed E-state index contributed by atoms with van der Waals surface area (Å²) in [6, 6.07) is 13.1. The van der Waals surface area contributed by atoms with Crippen molar-refractivity contribution in [1.82, 2.24) is 14.9 Å². The molecule has 0 fully saturated rings. The van der Waals surface area contributed by atoms with Gasteiger partial charge in [-0.1, -0.05) is 18.2 Å². The minimum absolute atomic E-state index is 0.323. The number of fused-ring (bicyclic) bond motifs is 4. The molecule has 0 unspecified atom stereocenters. The van der Waals surface area contributed by atoms with Crippen molar-refractivity contribution in [2.45, 2.75) is 46.3 Å². The monoisotopic (exact) mass is 432 g/mol. The molecule has 2 amide bonds. The lowest BCUT2D eigenvalue weighted by molar-refractivity contribution is -0.117. The van der Waals surface area contributed by atoms with E-state index in [2.05, 4.69) is 28.2 Å². The molecular formula is C25H28N4O3. The van der Waals surface area contributed by atoms with Crippen molar-refractivity contribution in [1.29, 1.82) is 0 Å². The third-order valence-electron chi connectivity index (χ3n) is 5.47. The van der Waals surface area contributed by atoms with Crippen LogP contribution in [0.5, 0.6) is 0 Å². The number of anilines is 1. The van der Waals surface area contributed by atoms with Gasteiger partial charge in [-0.05, 0) is 64.4 Å². The molecule has 7 heteroatoms. The summed E-state index contributed by atoms with van der Waals surface area (Å²) in [7, 11) is 2.00. The molecule has 7 nitrogen and oxygen atoms in total. The SMILES string of the molecule is Cc1c2ccccc2nc2c1c1cc(NC(=O)[C@H](C)NC(=O)OC(C)(C)C)ccc1n2C. The lowest BCUT2D eigenvalue weighted by Crippen LogP contribution is -2.43. The van der Waals surface area contributed by atoms with Gasteiger partial charge in [-0.2, -0.15) is 0 Å². The predicted octanol–water partition coefficient (Wildman–Crippen LogP) is 5.04. The van der Waals surface area contributed by atoms with Crippen LogP contribution in [0.2, 0.25) is 0 Å². The maximum Gasteiger partial charge on any atom is 0.408 e. The number of carbonyl (C=O) groups is 2. The van der Waals surface area contributed by atoms with Gasteiger partial charge in [-0.25, -0.2) is 9.78 Å². The van der Waals surface area contributed by atoms with Crippen molar-refractivity contribution in [3.8, 4) is 0 Å². The van der Waals surface area contributed by atoms with Gasteiger partial charge in [-0.3, -0.25) is 4.79 Å². The summed E-state index contributed by atoms with van der Waals surface area (Å²) in [6.45, 7) is 9.05. The summed E-state index contributed by atoms with van der Waals surface area (Å²) in [5.74, 6) is -0.323. The Morgan fingerprint density at radius 2 is 1.81 bits per heavy atom. The van der Waals surface area contributed by atoms with E-state index in [0.717, 1.165) is 38.4 Å². The van der Waals surface area contributed by atoms with Crippen LogP contribution in [0.4, 0.5) is 10.5 Å². The number of ether oxygens (including phenoxy) is 1. The van der Waals surface area contributed by atoms with E-state index in [0.29, 0.717) is 5.69 Å². The van der Waals surface area contributed by atoms with Crippen LogP contribution in [-0.2, 0) is 16.6 Å². The number of carbonyl (C=O) groups excluding carboxylic acids is 2. The number of rotatable bonds is 3. The highest BCUT2D eigenvalue weighted by Crippen LogP contribution is 2.34. The molecule has 0 aliphatic carbocycles. The highest BCUT2D eigenvalue weighted by atomic mass is 16.6. The Morgan fingerprint density at radius 3 is 2.53 bits per heavy atom. The standard InChI is InChI=1S/C25H28N4O3/c1-14-17-9-7-8-10-19(17)28-22-21(14)18-13-16(11-12-20(18)29(22)6)27-23(30)15(2)26-24(31)32-25(3,4)5/h7-13,15H,1-6H3,(H,26,31)(H,27,30)/t15-/m0/s1. The second-order valence-corrected chi connectivity index (χ2v) is 9.10. The average molecular weight is 433 g/mol. The Hall–Kier alpha value is -3.61. The van der Waals surface area contributed by atoms with Crippen molar-refractivity contribution >= 4 is 50.5 Å². The van der Waals surface area contributed by atoms with Crippen LogP contribution in [0.15, 0.2) is 42.5 Å². The Labute approximate surface area is 186 Å². The van der Waals surface area contributed by atoms with Gasteiger partial charge in [-0.15, -0.1) is 0 Å². The molecule has 166 valence electrons. The van der Waals surface area contributed by atoms with Crippen LogP contribution in [0.1, 0.15) is 33.3 Å². The smallest absolute Gasteiger partial charge is 0.408 e. The molecule has 2 aromatic carbocycles. The van der Waals surface area contributed by atoms with Gasteiger partial charge in [0.2, 0.25) is 5.91 Å². The number of aromatic nitrogens is 2. The van der Waals surface area contributed by atoms with E-state index in [1.54, 1.807) is 27.7 Å². The number of amides is 2. The van der Waals surface area contributed by atoms with Crippen LogP contribution in [-0.4, -0.2) is 33.2 Å². The molecule has 0 saturated heterocycles. The fraction of sp³-hybridized carbons (Fsp3) is 0.320. The van der Waals surface area contributed by atoms with Crippen LogP contribution in [0, 0.1) is 6.92 Å². The minimum atomic E-state index is -0.750. The normalized spacial score (nSPS) is 12.8. The number of pyridine rings is 1. The van der Waals surface area contributed by atoms with E-state index in [9.17, 15) is 9.59 Å². The molecular weight excluding hydrogens is 404 g/mol. The summed E-state index contributed by atoms with van der Waals surface area (Å²) < 4.78 is 7.30. The van der Waals surface area contributed by atoms with E-state index in [1.807, 2.05) is 43.4 Å². The highest BCUT2D eigenvalue weighted by molar-refractivity contribution is 6.14.